The van der Waals surface area contributed by atoms with Gasteiger partial charge in [0.25, 0.3) is 0 Å². The van der Waals surface area contributed by atoms with Gasteiger partial charge >= 0.3 is 0 Å². The van der Waals surface area contributed by atoms with Gasteiger partial charge in [-0.05, 0) is 12.1 Å². The number of nitrogens with zero attached hydrogens (tertiary/aromatic N) is 2. The molecular weight excluding hydrogens is 891 g/mol. The quantitative estimate of drug-likeness (QED) is 0.0415. The van der Waals surface area contributed by atoms with Crippen LogP contribution in [0.15, 0.2) is 54.9 Å². The number of nitriles is 1. The highest BCUT2D eigenvalue weighted by molar-refractivity contribution is 7.20. The third-order valence-corrected chi connectivity index (χ3v) is 9.16. The highest BCUT2D eigenvalue weighted by Crippen LogP contribution is 2.30. The molecule has 0 atom stereocenters. The molecule has 1 heterocycles. The molecule has 0 aliphatic rings. The van der Waals surface area contributed by atoms with Gasteiger partial charge in [0.05, 0.1) is 11.6 Å². The first-order valence-corrected chi connectivity index (χ1v) is 16.2. The summed E-state index contributed by atoms with van der Waals surface area (Å²) in [5.74, 6) is -71.5. The first-order chi connectivity index (χ1) is 29.0. The van der Waals surface area contributed by atoms with Crippen LogP contribution in [0.25, 0.3) is 0 Å². The lowest BCUT2D eigenvalue weighted by Gasteiger charge is -2.44. The molecule has 0 amide bonds. The summed E-state index contributed by atoms with van der Waals surface area (Å²) >= 11 is 0. The van der Waals surface area contributed by atoms with Crippen LogP contribution >= 0.6 is 0 Å². The Bertz CT molecular complexity index is 2490. The maximum atomic E-state index is 15.4. The lowest BCUT2D eigenvalue weighted by atomic mass is 9.12. The van der Waals surface area contributed by atoms with Crippen molar-refractivity contribution in [1.82, 2.24) is 0 Å². The van der Waals surface area contributed by atoms with Crippen LogP contribution in [0.3, 0.4) is 0 Å². The van der Waals surface area contributed by atoms with Crippen LogP contribution in [0.5, 0.6) is 0 Å². The Labute approximate surface area is 331 Å². The minimum atomic E-state index is -7.22. The molecule has 62 heavy (non-hydrogen) atoms. The number of aromatic nitrogens is 1. The Hall–Kier alpha value is -6.93. The van der Waals surface area contributed by atoms with Gasteiger partial charge in [-0.2, -0.15) is 9.83 Å². The largest absolute Gasteiger partial charge is 0.287 e. The Morgan fingerprint density at radius 1 is 0.403 bits per heavy atom. The Balaban J connectivity index is 0.000000355. The molecule has 0 aliphatic heterocycles. The van der Waals surface area contributed by atoms with Crippen molar-refractivity contribution in [3.05, 3.63) is 182 Å². The predicted octanol–water partition coefficient (Wildman–Crippen LogP) is 7.57. The van der Waals surface area contributed by atoms with E-state index < -0.39 is 144 Å². The van der Waals surface area contributed by atoms with Gasteiger partial charge in [0.15, 0.2) is 82.2 Å². The van der Waals surface area contributed by atoms with E-state index in [2.05, 4.69) is 0 Å². The first-order valence-electron chi connectivity index (χ1n) is 16.2. The lowest BCUT2D eigenvalue weighted by molar-refractivity contribution is -0.683. The van der Waals surface area contributed by atoms with Crippen LogP contribution in [-0.4, -0.2) is 11.9 Å². The fourth-order valence-electron chi connectivity index (χ4n) is 6.49. The van der Waals surface area contributed by atoms with Crippen LogP contribution in [0, 0.1) is 128 Å². The Morgan fingerprint density at radius 2 is 0.661 bits per heavy atom. The molecule has 6 rings (SSSR count). The van der Waals surface area contributed by atoms with E-state index in [0.29, 0.717) is 11.1 Å². The number of pyridine rings is 1. The van der Waals surface area contributed by atoms with E-state index >= 15 is 35.1 Å². The maximum Gasteiger partial charge on any atom is 0.228 e. The van der Waals surface area contributed by atoms with Crippen LogP contribution in [0.2, 0.25) is 0 Å². The number of Topliss-reactive ketones (excluding diaryl/α,β-unsaturated/α-hetero) is 1. The number of carbonyl (C=O) groups excluding carboxylic acids is 1. The Kier molecular flexibility index (Phi) is 12.8. The van der Waals surface area contributed by atoms with Crippen LogP contribution in [0.1, 0.15) is 15.9 Å². The maximum absolute atomic E-state index is 15.4. The van der Waals surface area contributed by atoms with Crippen molar-refractivity contribution < 1.29 is 97.2 Å². The number of carbonyl (C=O) groups is 1. The summed E-state index contributed by atoms with van der Waals surface area (Å²) in [6.45, 7) is 0.250. The van der Waals surface area contributed by atoms with E-state index in [4.69, 9.17) is 5.26 Å². The van der Waals surface area contributed by atoms with Gasteiger partial charge in [-0.1, -0.05) is 18.2 Å². The van der Waals surface area contributed by atoms with Crippen LogP contribution in [-0.2, 0) is 6.54 Å². The summed E-state index contributed by atoms with van der Waals surface area (Å²) in [5, 5.41) is 8.92. The molecule has 0 radical (unpaired) electrons. The van der Waals surface area contributed by atoms with Gasteiger partial charge in [0.2, 0.25) is 12.3 Å². The fraction of sp³-hybridized carbons (Fsp3) is 0.0263. The minimum absolute atomic E-state index is 0.0571. The van der Waals surface area contributed by atoms with Crippen LogP contribution in [0.4, 0.5) is 87.8 Å². The fourth-order valence-corrected chi connectivity index (χ4v) is 6.49. The average molecular weight is 902 g/mol. The molecular formula is C38H11BF20N2O. The molecule has 6 aromatic rings. The summed E-state index contributed by atoms with van der Waals surface area (Å²) < 4.78 is 296. The highest BCUT2D eigenvalue weighted by atomic mass is 19.2. The lowest BCUT2D eigenvalue weighted by Crippen LogP contribution is -2.81. The van der Waals surface area contributed by atoms with E-state index in [1.54, 1.807) is 28.8 Å². The smallest absolute Gasteiger partial charge is 0.228 e. The average Bonchev–Trinajstić information content (AvgIpc) is 3.26. The van der Waals surface area contributed by atoms with Crippen molar-refractivity contribution in [2.75, 3.05) is 0 Å². The molecule has 24 heteroatoms. The molecule has 322 valence electrons. The molecule has 1 aromatic heterocycles. The SMILES string of the molecule is Fc1c(F)c(F)c([B-](c2c(F)c(F)c(F)c(F)c2F)(c2c(F)c(F)c(F)c(F)c2F)c2c(F)c(F)c(F)c(F)c2F)c(F)c1F.N#Cc1ccccc1C(=O)C[n+]1ccccc1. The topological polar surface area (TPSA) is 44.7 Å². The third kappa shape index (κ3) is 7.13. The molecule has 0 N–H and O–H groups in total. The van der Waals surface area contributed by atoms with E-state index in [1.165, 1.54) is 0 Å². The number of ketones is 1. The predicted molar refractivity (Wildman–Crippen MR) is 171 cm³/mol. The summed E-state index contributed by atoms with van der Waals surface area (Å²) in [6, 6.07) is 14.5. The molecule has 5 aromatic carbocycles. The van der Waals surface area contributed by atoms with Gasteiger partial charge in [-0.25, -0.2) is 87.8 Å². The zero-order valence-corrected chi connectivity index (χ0v) is 29.3. The summed E-state index contributed by atoms with van der Waals surface area (Å²) in [4.78, 5) is 12.0. The molecule has 3 nitrogen and oxygen atoms in total. The molecule has 0 fully saturated rings. The van der Waals surface area contributed by atoms with Gasteiger partial charge in [-0.15, -0.1) is 21.9 Å². The van der Waals surface area contributed by atoms with Gasteiger partial charge in [-0.3, -0.25) is 4.79 Å². The molecule has 0 spiro atoms. The summed E-state index contributed by atoms with van der Waals surface area (Å²) in [6.07, 6.45) is -3.56. The molecule has 0 unspecified atom stereocenters. The molecule has 0 bridgehead atoms. The van der Waals surface area contributed by atoms with Crippen molar-refractivity contribution in [2.45, 2.75) is 6.54 Å². The van der Waals surface area contributed by atoms with Crippen molar-refractivity contribution in [3.63, 3.8) is 0 Å². The summed E-state index contributed by atoms with van der Waals surface area (Å²) in [5.41, 5.74) is -13.4. The normalized spacial score (nSPS) is 11.3. The highest BCUT2D eigenvalue weighted by Gasteiger charge is 2.52. The second-order valence-corrected chi connectivity index (χ2v) is 12.4. The van der Waals surface area contributed by atoms with E-state index in [0.717, 1.165) is 0 Å². The molecule has 0 saturated carbocycles. The molecule has 0 saturated heterocycles. The zero-order chi connectivity index (χ0) is 46.4. The van der Waals surface area contributed by atoms with Gasteiger partial charge < -0.3 is 0 Å². The number of benzene rings is 5. The second kappa shape index (κ2) is 17.2. The number of halogens is 20. The van der Waals surface area contributed by atoms with Crippen molar-refractivity contribution in [1.29, 1.82) is 5.26 Å². The third-order valence-electron chi connectivity index (χ3n) is 9.16. The van der Waals surface area contributed by atoms with Crippen molar-refractivity contribution in [2.24, 2.45) is 0 Å². The number of rotatable bonds is 7. The monoisotopic (exact) mass is 902 g/mol. The van der Waals surface area contributed by atoms with Crippen molar-refractivity contribution in [3.8, 4) is 6.07 Å². The van der Waals surface area contributed by atoms with Gasteiger partial charge in [0, 0.05) is 17.7 Å². The second-order valence-electron chi connectivity index (χ2n) is 12.4. The van der Waals surface area contributed by atoms with E-state index in [9.17, 15) is 57.5 Å². The summed E-state index contributed by atoms with van der Waals surface area (Å²) in [7, 11) is 0. The van der Waals surface area contributed by atoms with Gasteiger partial charge in [0.1, 0.15) is 52.7 Å². The standard InChI is InChI=1S/C24BF20.C14H11N2O/c26-5-1(6(27)14(35)21(42)13(5)34)25(2-7(28)15(36)22(43)16(37)8(2)29,3-9(30)17(38)23(44)18(39)10(3)31)4-11(32)19(40)24(45)20(41)12(4)33;15-10-12-6-2-3-7-13(12)14(17)11-16-8-4-1-5-9-16/h;1-9H,11H2/q-1;+1. The Morgan fingerprint density at radius 3 is 0.935 bits per heavy atom. The van der Waals surface area contributed by atoms with Crippen LogP contribution < -0.4 is 26.4 Å². The minimum Gasteiger partial charge on any atom is -0.287 e. The van der Waals surface area contributed by atoms with E-state index in [1.807, 2.05) is 36.7 Å². The molecule has 0 aliphatic carbocycles. The zero-order valence-electron chi connectivity index (χ0n) is 29.3. The van der Waals surface area contributed by atoms with E-state index in [-0.39, 0.29) is 12.3 Å². The number of hydrogen-bond donors (Lipinski definition) is 0. The first kappa shape index (κ1) is 46.1. The number of hydrogen-bond acceptors (Lipinski definition) is 2. The van der Waals surface area contributed by atoms with Crippen molar-refractivity contribution >= 4 is 33.8 Å².